The number of benzene rings is 1. The minimum absolute atomic E-state index is 0.404. The highest BCUT2D eigenvalue weighted by atomic mass is 19.3. The van der Waals surface area contributed by atoms with Crippen LogP contribution in [0.2, 0.25) is 0 Å². The van der Waals surface area contributed by atoms with Gasteiger partial charge in [-0.25, -0.2) is 4.39 Å². The summed E-state index contributed by atoms with van der Waals surface area (Å²) < 4.78 is 41.8. The first-order chi connectivity index (χ1) is 9.13. The average molecular weight is 271 g/mol. The molecule has 0 aromatic heterocycles. The van der Waals surface area contributed by atoms with Gasteiger partial charge in [-0.1, -0.05) is 0 Å². The molecule has 0 bridgehead atoms. The van der Waals surface area contributed by atoms with Gasteiger partial charge in [0.1, 0.15) is 0 Å². The SMILES string of the molecule is Fc1cc(NC(C2CC2)C2CC2)ccc1OC(F)F. The smallest absolute Gasteiger partial charge is 0.387 e. The summed E-state index contributed by atoms with van der Waals surface area (Å²) in [5.41, 5.74) is 0.642. The molecule has 0 aliphatic heterocycles. The highest BCUT2D eigenvalue weighted by molar-refractivity contribution is 5.48. The zero-order valence-electron chi connectivity index (χ0n) is 10.4. The van der Waals surface area contributed by atoms with E-state index in [1.165, 1.54) is 37.8 Å². The molecule has 1 N–H and O–H groups in total. The molecule has 0 atom stereocenters. The van der Waals surface area contributed by atoms with Crippen molar-refractivity contribution in [1.82, 2.24) is 0 Å². The molecule has 3 rings (SSSR count). The Hall–Kier alpha value is -1.39. The number of nitrogens with one attached hydrogen (secondary N) is 1. The minimum atomic E-state index is -3.00. The number of rotatable bonds is 6. The van der Waals surface area contributed by atoms with Crippen molar-refractivity contribution in [3.05, 3.63) is 24.0 Å². The number of hydrogen-bond acceptors (Lipinski definition) is 2. The molecule has 104 valence electrons. The second-order valence-corrected chi connectivity index (χ2v) is 5.37. The van der Waals surface area contributed by atoms with Gasteiger partial charge in [-0.3, -0.25) is 0 Å². The van der Waals surface area contributed by atoms with Gasteiger partial charge in [0, 0.05) is 17.8 Å². The van der Waals surface area contributed by atoms with Crippen molar-refractivity contribution in [2.45, 2.75) is 38.3 Å². The number of hydrogen-bond donors (Lipinski definition) is 1. The number of halogens is 3. The molecule has 1 aromatic carbocycles. The Labute approximate surface area is 109 Å². The van der Waals surface area contributed by atoms with Gasteiger partial charge in [-0.2, -0.15) is 8.78 Å². The van der Waals surface area contributed by atoms with Crippen LogP contribution in [0.3, 0.4) is 0 Å². The Bertz CT molecular complexity index is 446. The topological polar surface area (TPSA) is 21.3 Å². The van der Waals surface area contributed by atoms with E-state index < -0.39 is 18.2 Å². The maximum atomic E-state index is 13.6. The first kappa shape index (κ1) is 12.6. The van der Waals surface area contributed by atoms with Crippen LogP contribution in [-0.2, 0) is 0 Å². The van der Waals surface area contributed by atoms with Gasteiger partial charge < -0.3 is 10.1 Å². The lowest BCUT2D eigenvalue weighted by Crippen LogP contribution is -2.24. The molecule has 0 heterocycles. The summed E-state index contributed by atoms with van der Waals surface area (Å²) in [5, 5.41) is 3.34. The lowest BCUT2D eigenvalue weighted by atomic mass is 10.1. The number of ether oxygens (including phenoxy) is 1. The van der Waals surface area contributed by atoms with E-state index in [2.05, 4.69) is 10.1 Å². The quantitative estimate of drug-likeness (QED) is 0.843. The summed E-state index contributed by atoms with van der Waals surface area (Å²) in [6, 6.07) is 4.48. The first-order valence-corrected chi connectivity index (χ1v) is 6.64. The second-order valence-electron chi connectivity index (χ2n) is 5.37. The Morgan fingerprint density at radius 3 is 2.21 bits per heavy atom. The van der Waals surface area contributed by atoms with Gasteiger partial charge in [0.25, 0.3) is 0 Å². The van der Waals surface area contributed by atoms with E-state index >= 15 is 0 Å². The van der Waals surface area contributed by atoms with Crippen LogP contribution in [0.4, 0.5) is 18.9 Å². The number of alkyl halides is 2. The van der Waals surface area contributed by atoms with Crippen LogP contribution >= 0.6 is 0 Å². The molecular formula is C14H16F3NO. The molecule has 1 aromatic rings. The lowest BCUT2D eigenvalue weighted by molar-refractivity contribution is -0.0521. The van der Waals surface area contributed by atoms with Crippen molar-refractivity contribution in [2.24, 2.45) is 11.8 Å². The fourth-order valence-electron chi connectivity index (χ4n) is 2.51. The van der Waals surface area contributed by atoms with E-state index in [1.807, 2.05) is 0 Å². The zero-order valence-corrected chi connectivity index (χ0v) is 10.4. The average Bonchev–Trinajstić information content (AvgIpc) is 3.23. The van der Waals surface area contributed by atoms with Gasteiger partial charge in [0.2, 0.25) is 0 Å². The van der Waals surface area contributed by atoms with Crippen molar-refractivity contribution in [3.8, 4) is 5.75 Å². The first-order valence-electron chi connectivity index (χ1n) is 6.64. The molecule has 0 radical (unpaired) electrons. The molecule has 5 heteroatoms. The molecular weight excluding hydrogens is 255 g/mol. The van der Waals surface area contributed by atoms with E-state index in [-0.39, 0.29) is 0 Å². The predicted molar refractivity (Wildman–Crippen MR) is 65.9 cm³/mol. The minimum Gasteiger partial charge on any atom is -0.432 e. The van der Waals surface area contributed by atoms with Crippen LogP contribution in [0, 0.1) is 17.7 Å². The summed E-state index contributed by atoms with van der Waals surface area (Å²) in [6.45, 7) is -3.00. The summed E-state index contributed by atoms with van der Waals surface area (Å²) in [5.74, 6) is 0.214. The van der Waals surface area contributed by atoms with Gasteiger partial charge >= 0.3 is 6.61 Å². The third kappa shape index (κ3) is 3.14. The fraction of sp³-hybridized carbons (Fsp3) is 0.571. The zero-order chi connectivity index (χ0) is 13.4. The van der Waals surface area contributed by atoms with Crippen LogP contribution in [0.25, 0.3) is 0 Å². The lowest BCUT2D eigenvalue weighted by Gasteiger charge is -2.19. The summed E-state index contributed by atoms with van der Waals surface area (Å²) in [6.07, 6.45) is 4.90. The third-order valence-corrected chi connectivity index (χ3v) is 3.74. The summed E-state index contributed by atoms with van der Waals surface area (Å²) in [4.78, 5) is 0. The van der Waals surface area contributed by atoms with E-state index in [1.54, 1.807) is 6.07 Å². The molecule has 0 spiro atoms. The fourth-order valence-corrected chi connectivity index (χ4v) is 2.51. The highest BCUT2D eigenvalue weighted by Crippen LogP contribution is 2.46. The molecule has 2 saturated carbocycles. The molecule has 2 nitrogen and oxygen atoms in total. The van der Waals surface area contributed by atoms with Crippen molar-refractivity contribution in [2.75, 3.05) is 5.32 Å². The Kier molecular flexibility index (Phi) is 3.29. The molecule has 0 unspecified atom stereocenters. The predicted octanol–water partition coefficient (Wildman–Crippen LogP) is 4.03. The van der Waals surface area contributed by atoms with Crippen LogP contribution in [0.5, 0.6) is 5.75 Å². The third-order valence-electron chi connectivity index (χ3n) is 3.74. The molecule has 19 heavy (non-hydrogen) atoms. The van der Waals surface area contributed by atoms with Crippen molar-refractivity contribution >= 4 is 5.69 Å². The van der Waals surface area contributed by atoms with Crippen molar-refractivity contribution < 1.29 is 17.9 Å². The van der Waals surface area contributed by atoms with Crippen LogP contribution < -0.4 is 10.1 Å². The molecule has 0 amide bonds. The maximum Gasteiger partial charge on any atom is 0.387 e. The van der Waals surface area contributed by atoms with E-state index in [0.29, 0.717) is 23.6 Å². The Balaban J connectivity index is 1.68. The van der Waals surface area contributed by atoms with Gasteiger partial charge in [-0.15, -0.1) is 0 Å². The molecule has 0 saturated heterocycles. The van der Waals surface area contributed by atoms with Gasteiger partial charge in [0.15, 0.2) is 11.6 Å². The van der Waals surface area contributed by atoms with Crippen molar-refractivity contribution in [3.63, 3.8) is 0 Å². The van der Waals surface area contributed by atoms with Gasteiger partial charge in [0.05, 0.1) is 0 Å². The Morgan fingerprint density at radius 2 is 1.74 bits per heavy atom. The second kappa shape index (κ2) is 4.94. The monoisotopic (exact) mass is 271 g/mol. The number of anilines is 1. The standard InChI is InChI=1S/C14H16F3NO/c15-11-7-10(5-6-12(11)19-14(16)17)18-13(8-1-2-8)9-3-4-9/h5-9,13-14,18H,1-4H2. The molecule has 2 aliphatic rings. The van der Waals surface area contributed by atoms with Crippen LogP contribution in [-0.4, -0.2) is 12.7 Å². The Morgan fingerprint density at radius 1 is 1.11 bits per heavy atom. The van der Waals surface area contributed by atoms with Crippen LogP contribution in [0.1, 0.15) is 25.7 Å². The van der Waals surface area contributed by atoms with Crippen LogP contribution in [0.15, 0.2) is 18.2 Å². The van der Waals surface area contributed by atoms with E-state index in [4.69, 9.17) is 0 Å². The normalized spacial score (nSPS) is 19.0. The molecule has 2 fully saturated rings. The highest BCUT2D eigenvalue weighted by Gasteiger charge is 2.41. The maximum absolute atomic E-state index is 13.6. The summed E-state index contributed by atoms with van der Waals surface area (Å²) in [7, 11) is 0. The van der Waals surface area contributed by atoms with E-state index in [9.17, 15) is 13.2 Å². The molecule has 2 aliphatic carbocycles. The van der Waals surface area contributed by atoms with Gasteiger partial charge in [-0.05, 0) is 49.7 Å². The summed E-state index contributed by atoms with van der Waals surface area (Å²) >= 11 is 0. The largest absolute Gasteiger partial charge is 0.432 e. The van der Waals surface area contributed by atoms with E-state index in [0.717, 1.165) is 0 Å². The van der Waals surface area contributed by atoms with Crippen molar-refractivity contribution in [1.29, 1.82) is 0 Å².